The molecule has 0 bridgehead atoms. The number of fused-ring (bicyclic) bond motifs is 3. The Hall–Kier alpha value is -3.12. The maximum atomic E-state index is 12.5. The monoisotopic (exact) mass is 403 g/mol. The average Bonchev–Trinajstić information content (AvgIpc) is 3.14. The van der Waals surface area contributed by atoms with Crippen LogP contribution in [0.25, 0.3) is 22.1 Å². The molecule has 2 aromatic carbocycles. The molecule has 4 aromatic rings. The molecule has 0 unspecified atom stereocenters. The zero-order valence-corrected chi connectivity index (χ0v) is 16.8. The van der Waals surface area contributed by atoms with E-state index in [2.05, 4.69) is 9.88 Å². The summed E-state index contributed by atoms with van der Waals surface area (Å²) in [5, 5.41) is 10.3. The number of nitrogens with one attached hydrogen (secondary N) is 1. The molecular formula is C24H25N3O3. The lowest BCUT2D eigenvalue weighted by Crippen LogP contribution is -2.34. The van der Waals surface area contributed by atoms with Crippen LogP contribution in [0.1, 0.15) is 30.7 Å². The van der Waals surface area contributed by atoms with E-state index in [1.54, 1.807) is 12.1 Å². The highest BCUT2D eigenvalue weighted by Crippen LogP contribution is 2.26. The minimum absolute atomic E-state index is 0.213. The molecule has 1 fully saturated rings. The number of phenolic OH excluding ortho intramolecular Hbond substituents is 1. The highest BCUT2D eigenvalue weighted by atomic mass is 16.3. The van der Waals surface area contributed by atoms with Crippen LogP contribution in [0.15, 0.2) is 57.7 Å². The third-order valence-electron chi connectivity index (χ3n) is 6.14. The second-order valence-corrected chi connectivity index (χ2v) is 8.21. The molecule has 0 aliphatic carbocycles. The van der Waals surface area contributed by atoms with Crippen molar-refractivity contribution in [2.45, 2.75) is 32.2 Å². The summed E-state index contributed by atoms with van der Waals surface area (Å²) in [5.74, 6) is 1.73. The molecule has 3 heterocycles. The van der Waals surface area contributed by atoms with Crippen molar-refractivity contribution in [1.82, 2.24) is 14.9 Å². The molecule has 0 amide bonds. The maximum absolute atomic E-state index is 12.5. The van der Waals surface area contributed by atoms with E-state index in [1.165, 1.54) is 12.0 Å². The highest BCUT2D eigenvalue weighted by molar-refractivity contribution is 6.01. The van der Waals surface area contributed by atoms with E-state index in [4.69, 9.17) is 9.40 Å². The smallest absolute Gasteiger partial charge is 0.294 e. The first kappa shape index (κ1) is 18.9. The van der Waals surface area contributed by atoms with E-state index in [9.17, 15) is 9.90 Å². The van der Waals surface area contributed by atoms with Gasteiger partial charge in [0.05, 0.1) is 6.54 Å². The Labute approximate surface area is 174 Å². The molecule has 2 aromatic heterocycles. The number of rotatable bonds is 5. The number of piperidine rings is 1. The minimum Gasteiger partial charge on any atom is -0.508 e. The molecule has 0 atom stereocenters. The van der Waals surface area contributed by atoms with Gasteiger partial charge >= 0.3 is 0 Å². The number of aromatic hydroxyl groups is 1. The zero-order chi connectivity index (χ0) is 20.5. The third kappa shape index (κ3) is 3.83. The number of phenols is 1. The van der Waals surface area contributed by atoms with Gasteiger partial charge in [-0.25, -0.2) is 4.98 Å². The summed E-state index contributed by atoms with van der Waals surface area (Å²) in [6.45, 7) is 2.66. The second kappa shape index (κ2) is 7.95. The molecule has 0 radical (unpaired) electrons. The van der Waals surface area contributed by atoms with E-state index in [0.29, 0.717) is 40.7 Å². The Morgan fingerprint density at radius 3 is 2.67 bits per heavy atom. The normalized spacial score (nSPS) is 15.9. The van der Waals surface area contributed by atoms with Crippen LogP contribution in [-0.4, -0.2) is 33.1 Å². The first-order valence-corrected chi connectivity index (χ1v) is 10.6. The number of aryl methyl sites for hydroxylation is 1. The largest absolute Gasteiger partial charge is 0.508 e. The number of benzene rings is 2. The number of furan rings is 1. The first-order valence-electron chi connectivity index (χ1n) is 10.6. The Morgan fingerprint density at radius 1 is 1.10 bits per heavy atom. The van der Waals surface area contributed by atoms with Crippen molar-refractivity contribution < 1.29 is 9.52 Å². The molecular weight excluding hydrogens is 378 g/mol. The van der Waals surface area contributed by atoms with Crippen molar-refractivity contribution >= 4 is 22.1 Å². The molecule has 5 rings (SSSR count). The number of aromatic nitrogens is 2. The van der Waals surface area contributed by atoms with Gasteiger partial charge in [0.25, 0.3) is 5.56 Å². The van der Waals surface area contributed by atoms with E-state index >= 15 is 0 Å². The van der Waals surface area contributed by atoms with Gasteiger partial charge in [0.2, 0.25) is 5.58 Å². The SMILES string of the molecule is O=c1[nH]c(CN2CCC(CCc3ccc(O)cc3)CC2)nc2c1oc1ccccc12. The summed E-state index contributed by atoms with van der Waals surface area (Å²) < 4.78 is 5.68. The fourth-order valence-corrected chi connectivity index (χ4v) is 4.40. The van der Waals surface area contributed by atoms with Crippen LogP contribution < -0.4 is 5.56 Å². The fraction of sp³-hybridized carbons (Fsp3) is 0.333. The molecule has 2 N–H and O–H groups in total. The molecule has 1 aliphatic heterocycles. The van der Waals surface area contributed by atoms with E-state index in [-0.39, 0.29) is 5.56 Å². The number of para-hydroxylation sites is 1. The maximum Gasteiger partial charge on any atom is 0.294 e. The molecule has 0 spiro atoms. The molecule has 0 saturated carbocycles. The van der Waals surface area contributed by atoms with Gasteiger partial charge in [-0.05, 0) is 74.5 Å². The van der Waals surface area contributed by atoms with Crippen molar-refractivity contribution in [3.05, 3.63) is 70.3 Å². The van der Waals surface area contributed by atoms with Crippen LogP contribution in [0.2, 0.25) is 0 Å². The summed E-state index contributed by atoms with van der Waals surface area (Å²) in [7, 11) is 0. The van der Waals surface area contributed by atoms with Crippen molar-refractivity contribution in [2.24, 2.45) is 5.92 Å². The van der Waals surface area contributed by atoms with Gasteiger partial charge in [0, 0.05) is 5.39 Å². The zero-order valence-electron chi connectivity index (χ0n) is 16.8. The number of hydrogen-bond acceptors (Lipinski definition) is 5. The molecule has 30 heavy (non-hydrogen) atoms. The molecule has 6 nitrogen and oxygen atoms in total. The van der Waals surface area contributed by atoms with Gasteiger partial charge < -0.3 is 14.5 Å². The predicted molar refractivity (Wildman–Crippen MR) is 117 cm³/mol. The van der Waals surface area contributed by atoms with Crippen LogP contribution in [0.5, 0.6) is 5.75 Å². The lowest BCUT2D eigenvalue weighted by atomic mass is 9.90. The Balaban J connectivity index is 1.22. The number of hydrogen-bond donors (Lipinski definition) is 2. The summed E-state index contributed by atoms with van der Waals surface area (Å²) >= 11 is 0. The highest BCUT2D eigenvalue weighted by Gasteiger charge is 2.21. The number of nitrogens with zero attached hydrogens (tertiary/aromatic N) is 2. The molecule has 1 saturated heterocycles. The number of aromatic amines is 1. The fourth-order valence-electron chi connectivity index (χ4n) is 4.40. The Kier molecular flexibility index (Phi) is 5.01. The second-order valence-electron chi connectivity index (χ2n) is 8.21. The van der Waals surface area contributed by atoms with Crippen molar-refractivity contribution in [1.29, 1.82) is 0 Å². The molecule has 6 heteroatoms. The van der Waals surface area contributed by atoms with E-state index in [0.717, 1.165) is 37.7 Å². The standard InChI is InChI=1S/C24H25N3O3/c28-18-9-7-16(8-10-18)5-6-17-11-13-27(14-12-17)15-21-25-22-19-3-1-2-4-20(19)30-23(22)24(29)26-21/h1-4,7-10,17,28H,5-6,11-15H2,(H,25,26,29). The van der Waals surface area contributed by atoms with Crippen LogP contribution in [-0.2, 0) is 13.0 Å². The lowest BCUT2D eigenvalue weighted by molar-refractivity contribution is 0.169. The minimum atomic E-state index is -0.213. The van der Waals surface area contributed by atoms with Crippen molar-refractivity contribution in [3.8, 4) is 5.75 Å². The van der Waals surface area contributed by atoms with E-state index < -0.39 is 0 Å². The molecule has 1 aliphatic rings. The van der Waals surface area contributed by atoms with Crippen molar-refractivity contribution in [2.75, 3.05) is 13.1 Å². The quantitative estimate of drug-likeness (QED) is 0.521. The Morgan fingerprint density at radius 2 is 1.87 bits per heavy atom. The van der Waals surface area contributed by atoms with Crippen LogP contribution in [0, 0.1) is 5.92 Å². The van der Waals surface area contributed by atoms with E-state index in [1.807, 2.05) is 36.4 Å². The molecule has 154 valence electrons. The van der Waals surface area contributed by atoms with Gasteiger partial charge in [-0.2, -0.15) is 0 Å². The van der Waals surface area contributed by atoms with Crippen LogP contribution >= 0.6 is 0 Å². The van der Waals surface area contributed by atoms with Gasteiger partial charge in [0.15, 0.2) is 0 Å². The van der Waals surface area contributed by atoms with Gasteiger partial charge in [-0.15, -0.1) is 0 Å². The van der Waals surface area contributed by atoms with Gasteiger partial charge in [-0.3, -0.25) is 9.69 Å². The summed E-state index contributed by atoms with van der Waals surface area (Å²) in [6, 6.07) is 15.1. The van der Waals surface area contributed by atoms with Gasteiger partial charge in [0.1, 0.15) is 22.7 Å². The first-order chi connectivity index (χ1) is 14.7. The average molecular weight is 403 g/mol. The summed E-state index contributed by atoms with van der Waals surface area (Å²) in [6.07, 6.45) is 4.52. The summed E-state index contributed by atoms with van der Waals surface area (Å²) in [5.41, 5.74) is 2.70. The third-order valence-corrected chi connectivity index (χ3v) is 6.14. The predicted octanol–water partition coefficient (Wildman–Crippen LogP) is 4.22. The van der Waals surface area contributed by atoms with Gasteiger partial charge in [-0.1, -0.05) is 24.3 Å². The van der Waals surface area contributed by atoms with Crippen molar-refractivity contribution in [3.63, 3.8) is 0 Å². The van der Waals surface area contributed by atoms with Crippen LogP contribution in [0.4, 0.5) is 0 Å². The number of H-pyrrole nitrogens is 1. The Bertz CT molecular complexity index is 1220. The summed E-state index contributed by atoms with van der Waals surface area (Å²) in [4.78, 5) is 22.5. The van der Waals surface area contributed by atoms with Crippen LogP contribution in [0.3, 0.4) is 0 Å². The number of likely N-dealkylation sites (tertiary alicyclic amines) is 1. The topological polar surface area (TPSA) is 82.4 Å². The lowest BCUT2D eigenvalue weighted by Gasteiger charge is -2.31.